The zero-order valence-corrected chi connectivity index (χ0v) is 9.86. The molecule has 1 aliphatic carbocycles. The Morgan fingerprint density at radius 1 is 1.39 bits per heavy atom. The Labute approximate surface area is 104 Å². The first-order valence-corrected chi connectivity index (χ1v) is 5.88. The Bertz CT molecular complexity index is 452. The van der Waals surface area contributed by atoms with Crippen LogP contribution in [-0.2, 0) is 0 Å². The van der Waals surface area contributed by atoms with Gasteiger partial charge in [-0.3, -0.25) is 0 Å². The lowest BCUT2D eigenvalue weighted by Crippen LogP contribution is -2.32. The molecule has 1 aromatic carbocycles. The predicted octanol–water partition coefficient (Wildman–Crippen LogP) is 2.21. The van der Waals surface area contributed by atoms with Gasteiger partial charge in [-0.1, -0.05) is 12.8 Å². The van der Waals surface area contributed by atoms with E-state index in [1.807, 2.05) is 0 Å². The third kappa shape index (κ3) is 2.79. The van der Waals surface area contributed by atoms with Crippen LogP contribution >= 0.6 is 0 Å². The summed E-state index contributed by atoms with van der Waals surface area (Å²) in [5.41, 5.74) is -1.01. The van der Waals surface area contributed by atoms with Gasteiger partial charge in [-0.25, -0.2) is 9.18 Å². The fourth-order valence-corrected chi connectivity index (χ4v) is 2.18. The minimum atomic E-state index is -1.18. The van der Waals surface area contributed by atoms with E-state index in [4.69, 9.17) is 9.84 Å². The van der Waals surface area contributed by atoms with Crippen LogP contribution in [0.25, 0.3) is 0 Å². The number of aliphatic hydroxyl groups is 1. The zero-order valence-electron chi connectivity index (χ0n) is 9.86. The number of hydrogen-bond donors (Lipinski definition) is 2. The number of rotatable bonds is 4. The van der Waals surface area contributed by atoms with Crippen molar-refractivity contribution in [3.8, 4) is 5.75 Å². The minimum Gasteiger partial charge on any atom is -0.490 e. The normalized spacial score (nSPS) is 17.7. The molecule has 5 heteroatoms. The van der Waals surface area contributed by atoms with Gasteiger partial charge in [-0.2, -0.15) is 0 Å². The maximum Gasteiger partial charge on any atom is 0.339 e. The van der Waals surface area contributed by atoms with Gasteiger partial charge < -0.3 is 14.9 Å². The molecule has 1 aliphatic rings. The van der Waals surface area contributed by atoms with Crippen LogP contribution in [-0.4, -0.2) is 28.4 Å². The lowest BCUT2D eigenvalue weighted by molar-refractivity contribution is 0.000811. The highest BCUT2D eigenvalue weighted by Crippen LogP contribution is 2.31. The Balaban J connectivity index is 2.12. The molecular formula is C13H15FO4. The van der Waals surface area contributed by atoms with Crippen LogP contribution in [0.1, 0.15) is 36.0 Å². The molecule has 0 radical (unpaired) electrons. The van der Waals surface area contributed by atoms with Gasteiger partial charge in [0.15, 0.2) is 0 Å². The maximum absolute atomic E-state index is 13.1. The van der Waals surface area contributed by atoms with E-state index in [0.717, 1.165) is 31.0 Å². The number of benzene rings is 1. The van der Waals surface area contributed by atoms with Crippen LogP contribution in [0.5, 0.6) is 5.75 Å². The van der Waals surface area contributed by atoms with Crippen LogP contribution in [0.15, 0.2) is 18.2 Å². The number of ether oxygens (including phenoxy) is 1. The first-order valence-electron chi connectivity index (χ1n) is 5.88. The number of carboxylic acids is 1. The molecule has 0 heterocycles. The van der Waals surface area contributed by atoms with Crippen LogP contribution in [0.4, 0.5) is 4.39 Å². The van der Waals surface area contributed by atoms with Crippen LogP contribution in [0.3, 0.4) is 0 Å². The molecule has 4 nitrogen and oxygen atoms in total. The van der Waals surface area contributed by atoms with Crippen molar-refractivity contribution in [3.05, 3.63) is 29.6 Å². The average Bonchev–Trinajstić information content (AvgIpc) is 2.74. The fourth-order valence-electron chi connectivity index (χ4n) is 2.18. The van der Waals surface area contributed by atoms with Gasteiger partial charge in [0.05, 0.1) is 5.60 Å². The second kappa shape index (κ2) is 4.94. The summed E-state index contributed by atoms with van der Waals surface area (Å²) in [6.45, 7) is -0.00324. The van der Waals surface area contributed by atoms with E-state index in [2.05, 4.69) is 0 Å². The lowest BCUT2D eigenvalue weighted by Gasteiger charge is -2.22. The Hall–Kier alpha value is -1.62. The van der Waals surface area contributed by atoms with Crippen molar-refractivity contribution in [2.24, 2.45) is 0 Å². The van der Waals surface area contributed by atoms with Crippen molar-refractivity contribution in [2.75, 3.05) is 6.61 Å². The van der Waals surface area contributed by atoms with Gasteiger partial charge >= 0.3 is 5.97 Å². The smallest absolute Gasteiger partial charge is 0.339 e. The van der Waals surface area contributed by atoms with Gasteiger partial charge in [-0.05, 0) is 25.0 Å². The van der Waals surface area contributed by atoms with Crippen LogP contribution in [0, 0.1) is 5.82 Å². The quantitative estimate of drug-likeness (QED) is 0.864. The third-order valence-electron chi connectivity index (χ3n) is 3.20. The van der Waals surface area contributed by atoms with Crippen molar-refractivity contribution in [3.63, 3.8) is 0 Å². The molecule has 0 atom stereocenters. The molecule has 0 saturated heterocycles. The van der Waals surface area contributed by atoms with Crippen LogP contribution in [0.2, 0.25) is 0 Å². The molecule has 0 unspecified atom stereocenters. The molecule has 0 aromatic heterocycles. The van der Waals surface area contributed by atoms with E-state index < -0.39 is 17.4 Å². The van der Waals surface area contributed by atoms with E-state index in [1.165, 1.54) is 0 Å². The molecule has 0 bridgehead atoms. The average molecular weight is 254 g/mol. The van der Waals surface area contributed by atoms with Crippen molar-refractivity contribution >= 4 is 5.97 Å². The lowest BCUT2D eigenvalue weighted by atomic mass is 10.0. The Morgan fingerprint density at radius 3 is 2.67 bits per heavy atom. The summed E-state index contributed by atoms with van der Waals surface area (Å²) in [4.78, 5) is 10.9. The van der Waals surface area contributed by atoms with E-state index in [0.29, 0.717) is 12.8 Å². The minimum absolute atomic E-state index is 0.00324. The van der Waals surface area contributed by atoms with Gasteiger partial charge in [-0.15, -0.1) is 0 Å². The van der Waals surface area contributed by atoms with E-state index in [9.17, 15) is 14.3 Å². The Morgan fingerprint density at radius 2 is 2.06 bits per heavy atom. The van der Waals surface area contributed by atoms with Gasteiger partial charge in [0.1, 0.15) is 23.7 Å². The molecule has 0 spiro atoms. The molecule has 1 fully saturated rings. The maximum atomic E-state index is 13.1. The largest absolute Gasteiger partial charge is 0.490 e. The standard InChI is InChI=1S/C13H15FO4/c14-9-3-4-10(12(15)16)11(7-9)18-8-13(17)5-1-2-6-13/h3-4,7,17H,1-2,5-6,8H2,(H,15,16). The van der Waals surface area contributed by atoms with Gasteiger partial charge in [0, 0.05) is 6.07 Å². The number of aromatic carboxylic acids is 1. The molecule has 0 amide bonds. The highest BCUT2D eigenvalue weighted by molar-refractivity contribution is 5.90. The summed E-state index contributed by atoms with van der Waals surface area (Å²) in [6, 6.07) is 3.26. The summed E-state index contributed by atoms with van der Waals surface area (Å²) in [5.74, 6) is -1.78. The zero-order chi connectivity index (χ0) is 13.2. The summed E-state index contributed by atoms with van der Waals surface area (Å²) in [7, 11) is 0. The van der Waals surface area contributed by atoms with Gasteiger partial charge in [0.2, 0.25) is 0 Å². The number of carboxylic acid groups (broad SMARTS) is 1. The predicted molar refractivity (Wildman–Crippen MR) is 62.3 cm³/mol. The molecule has 1 aromatic rings. The molecule has 1 saturated carbocycles. The number of halogens is 1. The second-order valence-electron chi connectivity index (χ2n) is 4.67. The van der Waals surface area contributed by atoms with Crippen molar-refractivity contribution in [1.82, 2.24) is 0 Å². The first kappa shape index (κ1) is 12.8. The molecule has 98 valence electrons. The monoisotopic (exact) mass is 254 g/mol. The number of carbonyl (C=O) groups is 1. The number of hydrogen-bond acceptors (Lipinski definition) is 3. The second-order valence-corrected chi connectivity index (χ2v) is 4.67. The highest BCUT2D eigenvalue weighted by Gasteiger charge is 2.32. The summed E-state index contributed by atoms with van der Waals surface area (Å²) in [6.07, 6.45) is 3.11. The fraction of sp³-hybridized carbons (Fsp3) is 0.462. The molecule has 2 rings (SSSR count). The van der Waals surface area contributed by atoms with Crippen molar-refractivity contribution in [2.45, 2.75) is 31.3 Å². The SMILES string of the molecule is O=C(O)c1ccc(F)cc1OCC1(O)CCCC1. The highest BCUT2D eigenvalue weighted by atomic mass is 19.1. The molecule has 2 N–H and O–H groups in total. The third-order valence-corrected chi connectivity index (χ3v) is 3.20. The van der Waals surface area contributed by atoms with E-state index >= 15 is 0 Å². The Kier molecular flexibility index (Phi) is 3.52. The van der Waals surface area contributed by atoms with Crippen molar-refractivity contribution < 1.29 is 24.1 Å². The summed E-state index contributed by atoms with van der Waals surface area (Å²) < 4.78 is 18.4. The summed E-state index contributed by atoms with van der Waals surface area (Å²) >= 11 is 0. The van der Waals surface area contributed by atoms with E-state index in [1.54, 1.807) is 0 Å². The van der Waals surface area contributed by atoms with Crippen LogP contribution < -0.4 is 4.74 Å². The first-order chi connectivity index (χ1) is 8.50. The topological polar surface area (TPSA) is 66.8 Å². The molecular weight excluding hydrogens is 239 g/mol. The van der Waals surface area contributed by atoms with Gasteiger partial charge in [0.25, 0.3) is 0 Å². The van der Waals surface area contributed by atoms with E-state index in [-0.39, 0.29) is 17.9 Å². The summed E-state index contributed by atoms with van der Waals surface area (Å²) in [5, 5.41) is 19.0. The molecule has 18 heavy (non-hydrogen) atoms. The van der Waals surface area contributed by atoms with Crippen molar-refractivity contribution in [1.29, 1.82) is 0 Å². The molecule has 0 aliphatic heterocycles.